The quantitative estimate of drug-likeness (QED) is 0.787. The molecule has 1 saturated heterocycles. The fraction of sp³-hybridized carbons (Fsp3) is 0.350. The monoisotopic (exact) mass is 417 g/mol. The predicted molar refractivity (Wildman–Crippen MR) is 106 cm³/mol. The fourth-order valence-corrected chi connectivity index (χ4v) is 5.05. The molecule has 2 N–H and O–H groups in total. The van der Waals surface area contributed by atoms with Gasteiger partial charge in [-0.1, -0.05) is 12.1 Å². The van der Waals surface area contributed by atoms with E-state index in [1.165, 1.54) is 16.4 Å². The second-order valence-electron chi connectivity index (χ2n) is 7.21. The minimum atomic E-state index is -3.68. The number of benzene rings is 2. The van der Waals surface area contributed by atoms with E-state index in [-0.39, 0.29) is 17.3 Å². The second kappa shape index (κ2) is 7.66. The van der Waals surface area contributed by atoms with Crippen LogP contribution in [0.4, 0.5) is 0 Å². The maximum Gasteiger partial charge on any atom is 0.249 e. The van der Waals surface area contributed by atoms with Crippen molar-refractivity contribution in [3.63, 3.8) is 0 Å². The Bertz CT molecular complexity index is 1050. The van der Waals surface area contributed by atoms with E-state index in [9.17, 15) is 13.2 Å². The van der Waals surface area contributed by atoms with Crippen LogP contribution in [-0.2, 0) is 16.6 Å². The van der Waals surface area contributed by atoms with Crippen LogP contribution >= 0.6 is 0 Å². The Morgan fingerprint density at radius 3 is 2.48 bits per heavy atom. The van der Waals surface area contributed by atoms with Crippen molar-refractivity contribution in [3.05, 3.63) is 53.1 Å². The van der Waals surface area contributed by atoms with E-state index >= 15 is 0 Å². The largest absolute Gasteiger partial charge is 0.454 e. The number of piperazine rings is 1. The Morgan fingerprint density at radius 1 is 1.03 bits per heavy atom. The van der Waals surface area contributed by atoms with Gasteiger partial charge in [0.15, 0.2) is 11.5 Å². The molecule has 2 aromatic rings. The molecule has 0 bridgehead atoms. The number of aryl methyl sites for hydroxylation is 1. The van der Waals surface area contributed by atoms with Gasteiger partial charge in [0.05, 0.1) is 4.90 Å². The van der Waals surface area contributed by atoms with Crippen LogP contribution in [0.1, 0.15) is 21.5 Å². The first-order chi connectivity index (χ1) is 13.8. The van der Waals surface area contributed by atoms with E-state index in [2.05, 4.69) is 4.90 Å². The molecule has 0 radical (unpaired) electrons. The van der Waals surface area contributed by atoms with Gasteiger partial charge in [-0.25, -0.2) is 8.42 Å². The predicted octanol–water partition coefficient (Wildman–Crippen LogP) is 1.33. The number of fused-ring (bicyclic) bond motifs is 1. The van der Waals surface area contributed by atoms with Gasteiger partial charge in [-0.05, 0) is 42.3 Å². The van der Waals surface area contributed by atoms with Gasteiger partial charge in [0.1, 0.15) is 0 Å². The molecule has 154 valence electrons. The summed E-state index contributed by atoms with van der Waals surface area (Å²) >= 11 is 0. The summed E-state index contributed by atoms with van der Waals surface area (Å²) in [6.07, 6.45) is 0. The summed E-state index contributed by atoms with van der Waals surface area (Å²) in [5.74, 6) is 0.861. The Labute approximate surface area is 169 Å². The number of nitrogens with zero attached hydrogens (tertiary/aromatic N) is 2. The molecule has 4 rings (SSSR count). The molecule has 8 nitrogen and oxygen atoms in total. The zero-order chi connectivity index (χ0) is 20.6. The lowest BCUT2D eigenvalue weighted by molar-refractivity contribution is 0.0999. The highest BCUT2D eigenvalue weighted by molar-refractivity contribution is 7.89. The van der Waals surface area contributed by atoms with Crippen LogP contribution in [0, 0.1) is 6.92 Å². The standard InChI is InChI=1S/C20H23N3O5S/c1-14-2-4-16(11-17(14)20(21)24)29(25,26)23-8-6-22(7-9-23)12-15-3-5-18-19(10-15)28-13-27-18/h2-5,10-11H,6-9,12-13H2,1H3,(H2,21,24). The molecule has 0 spiro atoms. The summed E-state index contributed by atoms with van der Waals surface area (Å²) in [5, 5.41) is 0. The Balaban J connectivity index is 1.42. The van der Waals surface area contributed by atoms with Crippen LogP contribution in [0.2, 0.25) is 0 Å². The van der Waals surface area contributed by atoms with Crippen molar-refractivity contribution in [1.29, 1.82) is 0 Å². The van der Waals surface area contributed by atoms with Crippen molar-refractivity contribution in [2.75, 3.05) is 33.0 Å². The number of sulfonamides is 1. The zero-order valence-corrected chi connectivity index (χ0v) is 16.9. The Kier molecular flexibility index (Phi) is 5.20. The summed E-state index contributed by atoms with van der Waals surface area (Å²) in [6, 6.07) is 10.4. The van der Waals surface area contributed by atoms with Crippen molar-refractivity contribution in [1.82, 2.24) is 9.21 Å². The summed E-state index contributed by atoms with van der Waals surface area (Å²) in [4.78, 5) is 13.9. The molecule has 0 aromatic heterocycles. The van der Waals surface area contributed by atoms with Crippen molar-refractivity contribution >= 4 is 15.9 Å². The number of primary amides is 1. The highest BCUT2D eigenvalue weighted by atomic mass is 32.2. The number of rotatable bonds is 5. The average molecular weight is 417 g/mol. The smallest absolute Gasteiger partial charge is 0.249 e. The average Bonchev–Trinajstić information content (AvgIpc) is 3.16. The molecular formula is C20H23N3O5S. The number of amides is 1. The third-order valence-electron chi connectivity index (χ3n) is 5.29. The molecule has 9 heteroatoms. The molecule has 2 heterocycles. The number of carbonyl (C=O) groups is 1. The summed E-state index contributed by atoms with van der Waals surface area (Å²) in [7, 11) is -3.68. The van der Waals surface area contributed by atoms with E-state index in [4.69, 9.17) is 15.2 Å². The van der Waals surface area contributed by atoms with Crippen LogP contribution in [-0.4, -0.2) is 56.5 Å². The van der Waals surface area contributed by atoms with Gasteiger partial charge in [0, 0.05) is 38.3 Å². The number of ether oxygens (including phenoxy) is 2. The number of hydrogen-bond acceptors (Lipinski definition) is 6. The molecule has 0 unspecified atom stereocenters. The van der Waals surface area contributed by atoms with Gasteiger partial charge in [-0.2, -0.15) is 4.31 Å². The third kappa shape index (κ3) is 3.93. The van der Waals surface area contributed by atoms with E-state index in [1.54, 1.807) is 13.0 Å². The van der Waals surface area contributed by atoms with Crippen LogP contribution in [0.15, 0.2) is 41.3 Å². The van der Waals surface area contributed by atoms with Crippen molar-refractivity contribution < 1.29 is 22.7 Å². The van der Waals surface area contributed by atoms with Crippen LogP contribution < -0.4 is 15.2 Å². The maximum absolute atomic E-state index is 13.0. The van der Waals surface area contributed by atoms with E-state index < -0.39 is 15.9 Å². The van der Waals surface area contributed by atoms with Crippen LogP contribution in [0.25, 0.3) is 0 Å². The minimum absolute atomic E-state index is 0.0983. The SMILES string of the molecule is Cc1ccc(S(=O)(=O)N2CCN(Cc3ccc4c(c3)OCO4)CC2)cc1C(N)=O. The van der Waals surface area contributed by atoms with Gasteiger partial charge in [0.2, 0.25) is 22.7 Å². The first-order valence-electron chi connectivity index (χ1n) is 9.36. The topological polar surface area (TPSA) is 102 Å². The summed E-state index contributed by atoms with van der Waals surface area (Å²) in [6.45, 7) is 4.67. The van der Waals surface area contributed by atoms with Crippen molar-refractivity contribution in [2.45, 2.75) is 18.4 Å². The first kappa shape index (κ1) is 19.7. The summed E-state index contributed by atoms with van der Waals surface area (Å²) < 4.78 is 38.2. The molecule has 0 atom stereocenters. The fourth-order valence-electron chi connectivity index (χ4n) is 3.60. The Morgan fingerprint density at radius 2 is 1.76 bits per heavy atom. The molecule has 1 amide bonds. The lowest BCUT2D eigenvalue weighted by Crippen LogP contribution is -2.48. The zero-order valence-electron chi connectivity index (χ0n) is 16.1. The minimum Gasteiger partial charge on any atom is -0.454 e. The maximum atomic E-state index is 13.0. The molecule has 0 saturated carbocycles. The molecular weight excluding hydrogens is 394 g/mol. The van der Waals surface area contributed by atoms with Gasteiger partial charge < -0.3 is 15.2 Å². The highest BCUT2D eigenvalue weighted by Crippen LogP contribution is 2.33. The number of hydrogen-bond donors (Lipinski definition) is 1. The van der Waals surface area contributed by atoms with E-state index in [1.807, 2.05) is 18.2 Å². The van der Waals surface area contributed by atoms with Gasteiger partial charge in [-0.15, -0.1) is 0 Å². The second-order valence-corrected chi connectivity index (χ2v) is 9.15. The number of nitrogens with two attached hydrogens (primary N) is 1. The highest BCUT2D eigenvalue weighted by Gasteiger charge is 2.29. The lowest BCUT2D eigenvalue weighted by Gasteiger charge is -2.34. The first-order valence-corrected chi connectivity index (χ1v) is 10.8. The van der Waals surface area contributed by atoms with Crippen molar-refractivity contribution in [2.24, 2.45) is 5.73 Å². The summed E-state index contributed by atoms with van der Waals surface area (Å²) in [5.41, 5.74) is 7.34. The van der Waals surface area contributed by atoms with Gasteiger partial charge in [0.25, 0.3) is 0 Å². The van der Waals surface area contributed by atoms with Crippen molar-refractivity contribution in [3.8, 4) is 11.5 Å². The molecule has 0 aliphatic carbocycles. The molecule has 2 aliphatic heterocycles. The molecule has 1 fully saturated rings. The van der Waals surface area contributed by atoms with Gasteiger partial charge in [-0.3, -0.25) is 9.69 Å². The lowest BCUT2D eigenvalue weighted by atomic mass is 10.1. The molecule has 2 aliphatic rings. The third-order valence-corrected chi connectivity index (χ3v) is 7.18. The normalized spacial score (nSPS) is 17.4. The number of carbonyl (C=O) groups excluding carboxylic acids is 1. The molecule has 2 aromatic carbocycles. The van der Waals surface area contributed by atoms with E-state index in [0.717, 1.165) is 17.1 Å². The van der Waals surface area contributed by atoms with Gasteiger partial charge >= 0.3 is 0 Å². The van der Waals surface area contributed by atoms with E-state index in [0.29, 0.717) is 38.3 Å². The van der Waals surface area contributed by atoms with Crippen LogP contribution in [0.3, 0.4) is 0 Å². The Hall–Kier alpha value is -2.62. The molecule has 29 heavy (non-hydrogen) atoms. The van der Waals surface area contributed by atoms with Crippen LogP contribution in [0.5, 0.6) is 11.5 Å².